The van der Waals surface area contributed by atoms with Crippen molar-refractivity contribution in [2.75, 3.05) is 32.4 Å². The predicted octanol–water partition coefficient (Wildman–Crippen LogP) is 0.867. The molecule has 6 heteroatoms. The van der Waals surface area contributed by atoms with E-state index < -0.39 is 0 Å². The van der Waals surface area contributed by atoms with Gasteiger partial charge in [-0.25, -0.2) is 0 Å². The predicted molar refractivity (Wildman–Crippen MR) is 79.6 cm³/mol. The number of piperidine rings is 1. The molecule has 20 heavy (non-hydrogen) atoms. The number of aromatic nitrogens is 2. The van der Waals surface area contributed by atoms with Crippen molar-refractivity contribution >= 4 is 11.6 Å². The number of anilines is 1. The van der Waals surface area contributed by atoms with E-state index in [1.165, 1.54) is 0 Å². The van der Waals surface area contributed by atoms with Crippen LogP contribution in [0.5, 0.6) is 0 Å². The summed E-state index contributed by atoms with van der Waals surface area (Å²) in [5, 5.41) is 4.22. The molecular formula is C14H25N5O. The molecular weight excluding hydrogens is 254 g/mol. The Labute approximate surface area is 120 Å². The van der Waals surface area contributed by atoms with Gasteiger partial charge in [0.05, 0.1) is 11.4 Å². The van der Waals surface area contributed by atoms with Gasteiger partial charge in [-0.05, 0) is 26.3 Å². The minimum Gasteiger partial charge on any atom is -0.395 e. The van der Waals surface area contributed by atoms with Crippen molar-refractivity contribution in [2.24, 2.45) is 7.05 Å². The molecule has 1 aromatic rings. The van der Waals surface area contributed by atoms with Gasteiger partial charge in [0.1, 0.15) is 5.69 Å². The van der Waals surface area contributed by atoms with Crippen molar-refractivity contribution in [3.05, 3.63) is 11.4 Å². The van der Waals surface area contributed by atoms with Crippen LogP contribution < -0.4 is 5.73 Å². The van der Waals surface area contributed by atoms with Crippen LogP contribution in [0.4, 0.5) is 5.69 Å². The van der Waals surface area contributed by atoms with Gasteiger partial charge in [0, 0.05) is 33.2 Å². The minimum absolute atomic E-state index is 0.0273. The Morgan fingerprint density at radius 2 is 2.05 bits per heavy atom. The van der Waals surface area contributed by atoms with Crippen molar-refractivity contribution < 1.29 is 4.79 Å². The van der Waals surface area contributed by atoms with Crippen molar-refractivity contribution in [1.82, 2.24) is 19.6 Å². The molecule has 2 rings (SSSR count). The highest BCUT2D eigenvalue weighted by Crippen LogP contribution is 2.21. The SMILES string of the molecule is CCN1CCC(N(C)C(=O)c2c(N)c(C)nn2C)CC1. The number of hydrogen-bond donors (Lipinski definition) is 1. The topological polar surface area (TPSA) is 67.4 Å². The zero-order valence-electron chi connectivity index (χ0n) is 12.9. The summed E-state index contributed by atoms with van der Waals surface area (Å²) in [5.41, 5.74) is 7.69. The molecule has 2 heterocycles. The lowest BCUT2D eigenvalue weighted by Gasteiger charge is -2.36. The van der Waals surface area contributed by atoms with Crippen LogP contribution in [0.2, 0.25) is 0 Å². The molecule has 0 atom stereocenters. The van der Waals surface area contributed by atoms with E-state index in [1.807, 2.05) is 18.9 Å². The highest BCUT2D eigenvalue weighted by molar-refractivity contribution is 5.98. The normalized spacial score (nSPS) is 17.4. The molecule has 1 aliphatic rings. The van der Waals surface area contributed by atoms with Gasteiger partial charge in [0.2, 0.25) is 0 Å². The van der Waals surface area contributed by atoms with Gasteiger partial charge in [-0.2, -0.15) is 5.10 Å². The number of aryl methyl sites for hydroxylation is 2. The third-order valence-corrected chi connectivity index (χ3v) is 4.34. The second-order valence-electron chi connectivity index (χ2n) is 5.55. The molecule has 0 unspecified atom stereocenters. The number of amides is 1. The number of nitrogen functional groups attached to an aromatic ring is 1. The number of rotatable bonds is 3. The maximum absolute atomic E-state index is 12.6. The zero-order chi connectivity index (χ0) is 14.9. The molecule has 0 bridgehead atoms. The van der Waals surface area contributed by atoms with Crippen LogP contribution in [-0.4, -0.2) is 58.2 Å². The van der Waals surface area contributed by atoms with Gasteiger partial charge in [0.25, 0.3) is 5.91 Å². The number of hydrogen-bond acceptors (Lipinski definition) is 4. The van der Waals surface area contributed by atoms with Crippen molar-refractivity contribution in [3.63, 3.8) is 0 Å². The summed E-state index contributed by atoms with van der Waals surface area (Å²) in [5.74, 6) is -0.0273. The first-order valence-electron chi connectivity index (χ1n) is 7.24. The van der Waals surface area contributed by atoms with Gasteiger partial charge in [-0.1, -0.05) is 6.92 Å². The molecule has 0 spiro atoms. The molecule has 1 fully saturated rings. The van der Waals surface area contributed by atoms with Crippen LogP contribution in [-0.2, 0) is 7.05 Å². The van der Waals surface area contributed by atoms with E-state index in [-0.39, 0.29) is 5.91 Å². The first kappa shape index (κ1) is 14.8. The summed E-state index contributed by atoms with van der Waals surface area (Å²) >= 11 is 0. The van der Waals surface area contributed by atoms with Gasteiger partial charge in [-0.15, -0.1) is 0 Å². The fourth-order valence-corrected chi connectivity index (χ4v) is 2.88. The molecule has 1 aliphatic heterocycles. The van der Waals surface area contributed by atoms with Crippen molar-refractivity contribution in [2.45, 2.75) is 32.7 Å². The summed E-state index contributed by atoms with van der Waals surface area (Å²) in [6.45, 7) is 7.19. The first-order valence-corrected chi connectivity index (χ1v) is 7.24. The van der Waals surface area contributed by atoms with Crippen molar-refractivity contribution in [1.29, 1.82) is 0 Å². The van der Waals surface area contributed by atoms with E-state index in [2.05, 4.69) is 16.9 Å². The summed E-state index contributed by atoms with van der Waals surface area (Å²) in [4.78, 5) is 16.9. The quantitative estimate of drug-likeness (QED) is 0.891. The Hall–Kier alpha value is -1.56. The van der Waals surface area contributed by atoms with E-state index in [4.69, 9.17) is 5.73 Å². The fraction of sp³-hybridized carbons (Fsp3) is 0.714. The Morgan fingerprint density at radius 1 is 1.45 bits per heavy atom. The van der Waals surface area contributed by atoms with Crippen LogP contribution in [0.15, 0.2) is 0 Å². The van der Waals surface area contributed by atoms with E-state index in [9.17, 15) is 4.79 Å². The lowest BCUT2D eigenvalue weighted by Crippen LogP contribution is -2.46. The second kappa shape index (κ2) is 5.83. The third-order valence-electron chi connectivity index (χ3n) is 4.34. The van der Waals surface area contributed by atoms with Crippen LogP contribution in [0, 0.1) is 6.92 Å². The number of nitrogens with two attached hydrogens (primary N) is 1. The van der Waals surface area contributed by atoms with E-state index >= 15 is 0 Å². The van der Waals surface area contributed by atoms with Crippen LogP contribution in [0.1, 0.15) is 35.9 Å². The number of likely N-dealkylation sites (tertiary alicyclic amines) is 1. The maximum atomic E-state index is 12.6. The number of carbonyl (C=O) groups excluding carboxylic acids is 1. The highest BCUT2D eigenvalue weighted by atomic mass is 16.2. The summed E-state index contributed by atoms with van der Waals surface area (Å²) in [7, 11) is 3.64. The Bertz CT molecular complexity index is 488. The highest BCUT2D eigenvalue weighted by Gasteiger charge is 2.28. The standard InChI is InChI=1S/C14H25N5O/c1-5-19-8-6-11(7-9-19)17(3)14(20)13-12(15)10(2)16-18(13)4/h11H,5-9,15H2,1-4H3. The van der Waals surface area contributed by atoms with Crippen LogP contribution >= 0.6 is 0 Å². The monoisotopic (exact) mass is 279 g/mol. The number of nitrogens with zero attached hydrogens (tertiary/aromatic N) is 4. The van der Waals surface area contributed by atoms with Crippen molar-refractivity contribution in [3.8, 4) is 0 Å². The lowest BCUT2D eigenvalue weighted by molar-refractivity contribution is 0.0637. The summed E-state index contributed by atoms with van der Waals surface area (Å²) in [6.07, 6.45) is 2.04. The second-order valence-corrected chi connectivity index (χ2v) is 5.55. The molecule has 0 saturated carbocycles. The molecule has 6 nitrogen and oxygen atoms in total. The largest absolute Gasteiger partial charge is 0.395 e. The average Bonchev–Trinajstić information content (AvgIpc) is 2.71. The third kappa shape index (κ3) is 2.65. The molecule has 1 aromatic heterocycles. The first-order chi connectivity index (χ1) is 9.45. The Morgan fingerprint density at radius 3 is 2.50 bits per heavy atom. The lowest BCUT2D eigenvalue weighted by atomic mass is 10.0. The van der Waals surface area contributed by atoms with E-state index in [1.54, 1.807) is 11.7 Å². The van der Waals surface area contributed by atoms with Gasteiger partial charge in [-0.3, -0.25) is 9.48 Å². The zero-order valence-corrected chi connectivity index (χ0v) is 12.9. The van der Waals surface area contributed by atoms with Crippen LogP contribution in [0.25, 0.3) is 0 Å². The smallest absolute Gasteiger partial charge is 0.274 e. The molecule has 0 radical (unpaired) electrons. The Kier molecular flexibility index (Phi) is 4.32. The fourth-order valence-electron chi connectivity index (χ4n) is 2.88. The molecule has 1 saturated heterocycles. The van der Waals surface area contributed by atoms with E-state index in [0.29, 0.717) is 23.1 Å². The van der Waals surface area contributed by atoms with E-state index in [0.717, 1.165) is 32.5 Å². The molecule has 2 N–H and O–H groups in total. The average molecular weight is 279 g/mol. The molecule has 0 aliphatic carbocycles. The maximum Gasteiger partial charge on any atom is 0.274 e. The Balaban J connectivity index is 2.09. The van der Waals surface area contributed by atoms with Gasteiger partial charge >= 0.3 is 0 Å². The number of carbonyl (C=O) groups is 1. The molecule has 1 amide bonds. The van der Waals surface area contributed by atoms with Crippen LogP contribution in [0.3, 0.4) is 0 Å². The minimum atomic E-state index is -0.0273. The summed E-state index contributed by atoms with van der Waals surface area (Å²) < 4.78 is 1.59. The van der Waals surface area contributed by atoms with Gasteiger partial charge in [0.15, 0.2) is 0 Å². The van der Waals surface area contributed by atoms with Gasteiger partial charge < -0.3 is 15.5 Å². The molecule has 112 valence electrons. The summed E-state index contributed by atoms with van der Waals surface area (Å²) in [6, 6.07) is 0.292. The molecule has 0 aromatic carbocycles.